The van der Waals surface area contributed by atoms with Crippen molar-refractivity contribution in [2.75, 3.05) is 0 Å². The van der Waals surface area contributed by atoms with Crippen LogP contribution in [-0.2, 0) is 0 Å². The van der Waals surface area contributed by atoms with Crippen molar-refractivity contribution in [1.82, 2.24) is 5.32 Å². The summed E-state index contributed by atoms with van der Waals surface area (Å²) < 4.78 is 13.1. The van der Waals surface area contributed by atoms with Crippen LogP contribution in [0, 0.1) is 21.8 Å². The summed E-state index contributed by atoms with van der Waals surface area (Å²) in [5.41, 5.74) is 0.548. The molecular weight excluding hydrogens is 335 g/mol. The third-order valence-electron chi connectivity index (χ3n) is 3.59. The molecule has 126 valence electrons. The molecule has 2 aromatic rings. The highest BCUT2D eigenvalue weighted by atomic mass is 35.5. The van der Waals surface area contributed by atoms with E-state index in [0.717, 1.165) is 11.6 Å². The van der Waals surface area contributed by atoms with Gasteiger partial charge in [-0.1, -0.05) is 37.6 Å². The summed E-state index contributed by atoms with van der Waals surface area (Å²) in [5, 5.41) is 13.8. The fourth-order valence-electron chi connectivity index (χ4n) is 2.32. The molecule has 1 unspecified atom stereocenters. The Labute approximate surface area is 143 Å². The number of halogens is 2. The van der Waals surface area contributed by atoms with Crippen LogP contribution >= 0.6 is 11.6 Å². The van der Waals surface area contributed by atoms with Gasteiger partial charge in [-0.15, -0.1) is 0 Å². The standard InChI is InChI=1S/C17H16ClFN2O3/c1-10(2)16(11-3-5-12(19)6-4-11)20-17(22)14-9-13(21(23)24)7-8-15(14)18/h3-10,16H,1-2H3,(H,20,22). The quantitative estimate of drug-likeness (QED) is 0.636. The summed E-state index contributed by atoms with van der Waals surface area (Å²) in [5.74, 6) is -0.863. The van der Waals surface area contributed by atoms with Crippen LogP contribution in [0.3, 0.4) is 0 Å². The largest absolute Gasteiger partial charge is 0.345 e. The van der Waals surface area contributed by atoms with E-state index in [1.54, 1.807) is 12.1 Å². The number of hydrogen-bond donors (Lipinski definition) is 1. The molecule has 2 rings (SSSR count). The molecule has 0 bridgehead atoms. The number of amides is 1. The van der Waals surface area contributed by atoms with E-state index >= 15 is 0 Å². The number of nitrogens with one attached hydrogen (secondary N) is 1. The second-order valence-corrected chi connectivity index (χ2v) is 6.08. The van der Waals surface area contributed by atoms with E-state index in [9.17, 15) is 19.3 Å². The van der Waals surface area contributed by atoms with Gasteiger partial charge in [0, 0.05) is 12.1 Å². The second-order valence-electron chi connectivity index (χ2n) is 5.67. The lowest BCUT2D eigenvalue weighted by atomic mass is 9.95. The number of carbonyl (C=O) groups excluding carboxylic acids is 1. The van der Waals surface area contributed by atoms with Crippen molar-refractivity contribution in [2.24, 2.45) is 5.92 Å². The highest BCUT2D eigenvalue weighted by molar-refractivity contribution is 6.33. The van der Waals surface area contributed by atoms with Crippen LogP contribution in [0.25, 0.3) is 0 Å². The molecule has 1 amide bonds. The monoisotopic (exact) mass is 350 g/mol. The Morgan fingerprint density at radius 2 is 1.83 bits per heavy atom. The first-order chi connectivity index (χ1) is 11.3. The Hall–Kier alpha value is -2.47. The Balaban J connectivity index is 2.30. The highest BCUT2D eigenvalue weighted by Crippen LogP contribution is 2.26. The molecule has 0 aliphatic carbocycles. The van der Waals surface area contributed by atoms with Gasteiger partial charge >= 0.3 is 0 Å². The number of nitrogens with zero attached hydrogens (tertiary/aromatic N) is 1. The van der Waals surface area contributed by atoms with Crippen LogP contribution in [0.5, 0.6) is 0 Å². The highest BCUT2D eigenvalue weighted by Gasteiger charge is 2.22. The number of rotatable bonds is 5. The summed E-state index contributed by atoms with van der Waals surface area (Å²) in [4.78, 5) is 22.8. The van der Waals surface area contributed by atoms with Crippen molar-refractivity contribution < 1.29 is 14.1 Å². The third-order valence-corrected chi connectivity index (χ3v) is 3.92. The first-order valence-electron chi connectivity index (χ1n) is 7.30. The van der Waals surface area contributed by atoms with Crippen molar-refractivity contribution in [1.29, 1.82) is 0 Å². The van der Waals surface area contributed by atoms with Crippen LogP contribution in [-0.4, -0.2) is 10.8 Å². The minimum atomic E-state index is -0.590. The number of hydrogen-bond acceptors (Lipinski definition) is 3. The van der Waals surface area contributed by atoms with Gasteiger partial charge in [0.15, 0.2) is 0 Å². The molecule has 0 aliphatic rings. The molecule has 0 saturated heterocycles. The van der Waals surface area contributed by atoms with Crippen molar-refractivity contribution >= 4 is 23.2 Å². The van der Waals surface area contributed by atoms with Crippen molar-refractivity contribution in [2.45, 2.75) is 19.9 Å². The van der Waals surface area contributed by atoms with Crippen molar-refractivity contribution in [3.05, 3.63) is 74.5 Å². The van der Waals surface area contributed by atoms with Crippen molar-refractivity contribution in [3.8, 4) is 0 Å². The van der Waals surface area contributed by atoms with Crippen molar-refractivity contribution in [3.63, 3.8) is 0 Å². The average Bonchev–Trinajstić information content (AvgIpc) is 2.53. The minimum Gasteiger partial charge on any atom is -0.345 e. The lowest BCUT2D eigenvalue weighted by molar-refractivity contribution is -0.384. The number of carbonyl (C=O) groups is 1. The smallest absolute Gasteiger partial charge is 0.270 e. The van der Waals surface area contributed by atoms with E-state index < -0.39 is 10.8 Å². The van der Waals surface area contributed by atoms with E-state index in [1.165, 1.54) is 24.3 Å². The SMILES string of the molecule is CC(C)C(NC(=O)c1cc([N+](=O)[O-])ccc1Cl)c1ccc(F)cc1. The molecule has 7 heteroatoms. The zero-order chi connectivity index (χ0) is 17.9. The molecule has 0 aliphatic heterocycles. The van der Waals surface area contributed by atoms with Crippen LogP contribution in [0.4, 0.5) is 10.1 Å². The second kappa shape index (κ2) is 7.40. The zero-order valence-electron chi connectivity index (χ0n) is 13.1. The van der Waals surface area contributed by atoms with Crippen LogP contribution < -0.4 is 5.32 Å². The van der Waals surface area contributed by atoms with Crippen LogP contribution in [0.15, 0.2) is 42.5 Å². The van der Waals surface area contributed by atoms with Crippen LogP contribution in [0.2, 0.25) is 5.02 Å². The van der Waals surface area contributed by atoms with E-state index in [2.05, 4.69) is 5.32 Å². The summed E-state index contributed by atoms with van der Waals surface area (Å²) in [6, 6.07) is 9.13. The molecule has 1 N–H and O–H groups in total. The summed E-state index contributed by atoms with van der Waals surface area (Å²) >= 11 is 5.99. The Morgan fingerprint density at radius 3 is 2.38 bits per heavy atom. The van der Waals surface area contributed by atoms with Gasteiger partial charge in [0.2, 0.25) is 0 Å². The third kappa shape index (κ3) is 4.08. The van der Waals surface area contributed by atoms with E-state index in [0.29, 0.717) is 0 Å². The lowest BCUT2D eigenvalue weighted by Gasteiger charge is -2.23. The molecule has 24 heavy (non-hydrogen) atoms. The molecule has 1 atom stereocenters. The van der Waals surface area contributed by atoms with Gasteiger partial charge in [-0.25, -0.2) is 4.39 Å². The summed E-state index contributed by atoms with van der Waals surface area (Å²) in [6.07, 6.45) is 0. The number of nitro benzene ring substituents is 1. The fraction of sp³-hybridized carbons (Fsp3) is 0.235. The predicted octanol–water partition coefficient (Wildman–Crippen LogP) is 4.51. The van der Waals surface area contributed by atoms with E-state index in [1.807, 2.05) is 13.8 Å². The zero-order valence-corrected chi connectivity index (χ0v) is 13.9. The average molecular weight is 351 g/mol. The van der Waals surface area contributed by atoms with Gasteiger partial charge in [-0.05, 0) is 29.7 Å². The fourth-order valence-corrected chi connectivity index (χ4v) is 2.53. The molecule has 0 spiro atoms. The number of non-ortho nitro benzene ring substituents is 1. The van der Waals surface area contributed by atoms with Gasteiger partial charge in [-0.3, -0.25) is 14.9 Å². The minimum absolute atomic E-state index is 0.0249. The molecule has 0 radical (unpaired) electrons. The predicted molar refractivity (Wildman–Crippen MR) is 89.6 cm³/mol. The Morgan fingerprint density at radius 1 is 1.21 bits per heavy atom. The maximum Gasteiger partial charge on any atom is 0.270 e. The van der Waals surface area contributed by atoms with Crippen LogP contribution in [0.1, 0.15) is 35.8 Å². The first kappa shape index (κ1) is 17.9. The first-order valence-corrected chi connectivity index (χ1v) is 7.67. The van der Waals surface area contributed by atoms with Gasteiger partial charge in [-0.2, -0.15) is 0 Å². The molecular formula is C17H16ClFN2O3. The Kier molecular flexibility index (Phi) is 5.51. The number of nitro groups is 1. The maximum atomic E-state index is 13.1. The van der Waals surface area contributed by atoms with E-state index in [4.69, 9.17) is 11.6 Å². The summed E-state index contributed by atoms with van der Waals surface area (Å²) in [6.45, 7) is 3.81. The number of benzene rings is 2. The molecule has 0 aromatic heterocycles. The maximum absolute atomic E-state index is 13.1. The summed E-state index contributed by atoms with van der Waals surface area (Å²) in [7, 11) is 0. The Bertz CT molecular complexity index is 763. The lowest BCUT2D eigenvalue weighted by Crippen LogP contribution is -2.32. The van der Waals surface area contributed by atoms with Gasteiger partial charge < -0.3 is 5.32 Å². The molecule has 0 saturated carbocycles. The molecule has 0 fully saturated rings. The van der Waals surface area contributed by atoms with Gasteiger partial charge in [0.1, 0.15) is 5.82 Å². The molecule has 2 aromatic carbocycles. The van der Waals surface area contributed by atoms with Gasteiger partial charge in [0.25, 0.3) is 11.6 Å². The normalized spacial score (nSPS) is 12.0. The molecule has 0 heterocycles. The van der Waals surface area contributed by atoms with E-state index in [-0.39, 0.29) is 34.1 Å². The van der Waals surface area contributed by atoms with Gasteiger partial charge in [0.05, 0.1) is 21.6 Å². The topological polar surface area (TPSA) is 72.2 Å². The molecule has 5 nitrogen and oxygen atoms in total.